The number of anilines is 1. The van der Waals surface area contributed by atoms with Crippen LogP contribution in [-0.2, 0) is 10.2 Å². The normalized spacial score (nSPS) is 27.8. The molecule has 2 fully saturated rings. The van der Waals surface area contributed by atoms with Crippen LogP contribution in [0.4, 0.5) is 5.69 Å². The van der Waals surface area contributed by atoms with Crippen LogP contribution in [0, 0.1) is 5.92 Å². The summed E-state index contributed by atoms with van der Waals surface area (Å²) >= 11 is 0. The van der Waals surface area contributed by atoms with Crippen LogP contribution in [0.2, 0.25) is 0 Å². The Kier molecular flexibility index (Phi) is 3.99. The summed E-state index contributed by atoms with van der Waals surface area (Å²) in [6.07, 6.45) is 1.37. The van der Waals surface area contributed by atoms with E-state index in [1.54, 1.807) is 48.5 Å². The molecule has 3 heterocycles. The molecule has 0 radical (unpaired) electrons. The third-order valence-electron chi connectivity index (χ3n) is 8.53. The van der Waals surface area contributed by atoms with Gasteiger partial charge >= 0.3 is 0 Å². The summed E-state index contributed by atoms with van der Waals surface area (Å²) in [4.78, 5) is 59.1. The second kappa shape index (κ2) is 6.83. The fourth-order valence-electron chi connectivity index (χ4n) is 7.35. The van der Waals surface area contributed by atoms with Crippen molar-refractivity contribution in [2.24, 2.45) is 5.92 Å². The van der Waals surface area contributed by atoms with Crippen molar-refractivity contribution in [3.8, 4) is 0 Å². The van der Waals surface area contributed by atoms with Crippen molar-refractivity contribution in [1.29, 1.82) is 0 Å². The van der Waals surface area contributed by atoms with Gasteiger partial charge in [0.2, 0.25) is 5.91 Å². The number of hydrogen-bond donors (Lipinski definition) is 1. The summed E-state index contributed by atoms with van der Waals surface area (Å²) in [5, 5.41) is 3.00. The quantitative estimate of drug-likeness (QED) is 0.464. The van der Waals surface area contributed by atoms with E-state index in [1.165, 1.54) is 0 Å². The highest BCUT2D eigenvalue weighted by Gasteiger charge is 2.80. The molecule has 3 aliphatic heterocycles. The third kappa shape index (κ3) is 2.19. The number of para-hydroxylation sites is 1. The zero-order chi connectivity index (χ0) is 23.9. The molecule has 2 spiro atoms. The van der Waals surface area contributed by atoms with Crippen LogP contribution in [0.3, 0.4) is 0 Å². The molecule has 6 nitrogen and oxygen atoms in total. The van der Waals surface area contributed by atoms with Gasteiger partial charge in [-0.3, -0.25) is 24.1 Å². The summed E-state index contributed by atoms with van der Waals surface area (Å²) in [5.41, 5.74) is -0.686. The van der Waals surface area contributed by atoms with Gasteiger partial charge < -0.3 is 5.32 Å². The molecule has 172 valence electrons. The van der Waals surface area contributed by atoms with Crippen molar-refractivity contribution >= 4 is 28.9 Å². The number of fused-ring (bicyclic) bond motifs is 6. The number of rotatable bonds is 2. The van der Waals surface area contributed by atoms with Crippen molar-refractivity contribution in [3.63, 3.8) is 0 Å². The summed E-state index contributed by atoms with van der Waals surface area (Å²) < 4.78 is 0. The molecule has 3 atom stereocenters. The van der Waals surface area contributed by atoms with Crippen molar-refractivity contribution in [3.05, 3.63) is 101 Å². The fourth-order valence-corrected chi connectivity index (χ4v) is 7.35. The number of hydrogen-bond acceptors (Lipinski definition) is 5. The van der Waals surface area contributed by atoms with Gasteiger partial charge in [-0.05, 0) is 31.0 Å². The topological polar surface area (TPSA) is 83.6 Å². The van der Waals surface area contributed by atoms with Gasteiger partial charge in [-0.15, -0.1) is 0 Å². The van der Waals surface area contributed by atoms with Gasteiger partial charge in [-0.2, -0.15) is 0 Å². The zero-order valence-electron chi connectivity index (χ0n) is 18.9. The first-order valence-corrected chi connectivity index (χ1v) is 12.0. The first-order chi connectivity index (χ1) is 17.0. The van der Waals surface area contributed by atoms with Gasteiger partial charge in [0.25, 0.3) is 0 Å². The first-order valence-electron chi connectivity index (χ1n) is 12.0. The minimum atomic E-state index is -1.74. The fraction of sp³-hybridized carbons (Fsp3) is 0.241. The number of amides is 1. The maximum Gasteiger partial charge on any atom is 0.237 e. The maximum atomic E-state index is 14.5. The predicted octanol–water partition coefficient (Wildman–Crippen LogP) is 3.67. The molecule has 35 heavy (non-hydrogen) atoms. The SMILES string of the molecule is O=C(c1ccccc1)[C@@H]1C2(C(=O)c3ccccc3C2=O)N2CCC[C@H]2[C@@]12C(=O)Nc1ccccc12. The van der Waals surface area contributed by atoms with Gasteiger partial charge in [0.1, 0.15) is 5.41 Å². The van der Waals surface area contributed by atoms with E-state index in [4.69, 9.17) is 0 Å². The van der Waals surface area contributed by atoms with Crippen LogP contribution in [0.15, 0.2) is 78.9 Å². The van der Waals surface area contributed by atoms with Gasteiger partial charge in [0, 0.05) is 28.4 Å². The average molecular weight is 463 g/mol. The molecule has 0 aromatic heterocycles. The molecule has 7 rings (SSSR count). The van der Waals surface area contributed by atoms with Crippen LogP contribution in [0.25, 0.3) is 0 Å². The van der Waals surface area contributed by atoms with Crippen LogP contribution < -0.4 is 5.32 Å². The Hall–Kier alpha value is -3.90. The number of Topliss-reactive ketones (excluding diaryl/α,β-unsaturated/α-hetero) is 3. The smallest absolute Gasteiger partial charge is 0.237 e. The maximum absolute atomic E-state index is 14.5. The average Bonchev–Trinajstić information content (AvgIpc) is 3.60. The largest absolute Gasteiger partial charge is 0.325 e. The lowest BCUT2D eigenvalue weighted by Crippen LogP contribution is -2.60. The highest BCUT2D eigenvalue weighted by atomic mass is 16.2. The first kappa shape index (κ1) is 20.5. The molecule has 4 aliphatic rings. The van der Waals surface area contributed by atoms with Crippen molar-refractivity contribution < 1.29 is 19.2 Å². The van der Waals surface area contributed by atoms with E-state index in [0.29, 0.717) is 40.9 Å². The minimum absolute atomic E-state index is 0.307. The van der Waals surface area contributed by atoms with E-state index in [2.05, 4.69) is 5.32 Å². The van der Waals surface area contributed by atoms with E-state index in [-0.39, 0.29) is 23.3 Å². The van der Waals surface area contributed by atoms with E-state index in [1.807, 2.05) is 35.2 Å². The number of carbonyl (C=O) groups is 4. The van der Waals surface area contributed by atoms with Crippen LogP contribution in [-0.4, -0.2) is 46.3 Å². The highest BCUT2D eigenvalue weighted by molar-refractivity contribution is 6.36. The van der Waals surface area contributed by atoms with Crippen molar-refractivity contribution in [2.45, 2.75) is 29.8 Å². The molecule has 1 amide bonds. The number of carbonyl (C=O) groups excluding carboxylic acids is 4. The van der Waals surface area contributed by atoms with Crippen molar-refractivity contribution in [1.82, 2.24) is 4.90 Å². The van der Waals surface area contributed by atoms with Gasteiger partial charge in [0.15, 0.2) is 22.9 Å². The molecular weight excluding hydrogens is 440 g/mol. The Balaban J connectivity index is 1.58. The lowest BCUT2D eigenvalue weighted by molar-refractivity contribution is -0.122. The molecule has 0 unspecified atom stereocenters. The second-order valence-corrected chi connectivity index (χ2v) is 9.85. The van der Waals surface area contributed by atoms with E-state index in [9.17, 15) is 19.2 Å². The molecule has 1 aliphatic carbocycles. The molecule has 0 saturated carbocycles. The van der Waals surface area contributed by atoms with E-state index < -0.39 is 22.9 Å². The molecular formula is C29H22N2O4. The van der Waals surface area contributed by atoms with Gasteiger partial charge in [-0.25, -0.2) is 0 Å². The number of nitrogens with one attached hydrogen (secondary N) is 1. The number of ketones is 3. The number of nitrogens with zero attached hydrogens (tertiary/aromatic N) is 1. The Labute approximate surface area is 201 Å². The molecule has 1 N–H and O–H groups in total. The summed E-state index contributed by atoms with van der Waals surface area (Å²) in [6, 6.07) is 22.5. The van der Waals surface area contributed by atoms with E-state index >= 15 is 0 Å². The molecule has 2 saturated heterocycles. The number of benzene rings is 3. The Morgan fingerprint density at radius 2 is 1.46 bits per heavy atom. The standard InChI is InChI=1S/C29H22N2O4/c32-23(17-9-2-1-3-10-17)24-28(20-13-6-7-14-21(20)30-27(28)35)22-15-8-16-31(22)29(24)25(33)18-11-4-5-12-19(18)26(29)34/h1-7,9-14,22,24H,8,15-16H2,(H,30,35)/t22-,24-,28+/m0/s1. The molecule has 6 heteroatoms. The van der Waals surface area contributed by atoms with Gasteiger partial charge in [0.05, 0.1) is 5.92 Å². The Bertz CT molecular complexity index is 1430. The van der Waals surface area contributed by atoms with Crippen LogP contribution >= 0.6 is 0 Å². The molecule has 3 aromatic carbocycles. The lowest BCUT2D eigenvalue weighted by atomic mass is 9.60. The van der Waals surface area contributed by atoms with Crippen LogP contribution in [0.5, 0.6) is 0 Å². The molecule has 0 bridgehead atoms. The summed E-state index contributed by atoms with van der Waals surface area (Å²) in [7, 11) is 0. The van der Waals surface area contributed by atoms with Crippen LogP contribution in [0.1, 0.15) is 49.5 Å². The van der Waals surface area contributed by atoms with E-state index in [0.717, 1.165) is 6.42 Å². The van der Waals surface area contributed by atoms with Crippen molar-refractivity contribution in [2.75, 3.05) is 11.9 Å². The second-order valence-electron chi connectivity index (χ2n) is 9.85. The highest BCUT2D eigenvalue weighted by Crippen LogP contribution is 2.63. The summed E-state index contributed by atoms with van der Waals surface area (Å²) in [6.45, 7) is 0.478. The predicted molar refractivity (Wildman–Crippen MR) is 129 cm³/mol. The Morgan fingerprint density at radius 1 is 0.829 bits per heavy atom. The monoisotopic (exact) mass is 462 g/mol. The lowest BCUT2D eigenvalue weighted by Gasteiger charge is -2.37. The van der Waals surface area contributed by atoms with Gasteiger partial charge in [-0.1, -0.05) is 72.8 Å². The molecule has 3 aromatic rings. The zero-order valence-corrected chi connectivity index (χ0v) is 18.9. The minimum Gasteiger partial charge on any atom is -0.325 e. The Morgan fingerprint density at radius 3 is 2.17 bits per heavy atom. The third-order valence-corrected chi connectivity index (χ3v) is 8.53. The summed E-state index contributed by atoms with van der Waals surface area (Å²) in [5.74, 6) is -2.57.